The Balaban J connectivity index is 1.81. The number of nitrogens with zero attached hydrogens (tertiary/aromatic N) is 1. The second kappa shape index (κ2) is 5.98. The van der Waals surface area contributed by atoms with Crippen LogP contribution in [0.5, 0.6) is 0 Å². The number of carbonyl (C=O) groups is 1. The first kappa shape index (κ1) is 14.9. The van der Waals surface area contributed by atoms with Crippen molar-refractivity contribution >= 4 is 17.5 Å². The van der Waals surface area contributed by atoms with E-state index in [1.807, 2.05) is 24.3 Å². The Hall–Kier alpha value is -1.06. The number of hydrogen-bond acceptors (Lipinski definition) is 2. The lowest BCUT2D eigenvalue weighted by Crippen LogP contribution is -2.43. The summed E-state index contributed by atoms with van der Waals surface area (Å²) in [6.45, 7) is 5.07. The summed E-state index contributed by atoms with van der Waals surface area (Å²) in [5.41, 5.74) is 1.12. The lowest BCUT2D eigenvalue weighted by molar-refractivity contribution is -0.131. The first-order valence-electron chi connectivity index (χ1n) is 7.86. The highest BCUT2D eigenvalue weighted by atomic mass is 35.5. The predicted octanol–water partition coefficient (Wildman–Crippen LogP) is 3.60. The number of hydrogen-bond donors (Lipinski definition) is 1. The molecule has 1 amide bonds. The highest BCUT2D eigenvalue weighted by Crippen LogP contribution is 2.36. The van der Waals surface area contributed by atoms with Crippen LogP contribution in [0.15, 0.2) is 24.3 Å². The third kappa shape index (κ3) is 2.95. The van der Waals surface area contributed by atoms with Crippen molar-refractivity contribution < 1.29 is 4.79 Å². The molecule has 114 valence electrons. The van der Waals surface area contributed by atoms with E-state index >= 15 is 0 Å². The summed E-state index contributed by atoms with van der Waals surface area (Å²) < 4.78 is 0. The van der Waals surface area contributed by atoms with E-state index in [9.17, 15) is 4.79 Å². The molecule has 2 aliphatic rings. The van der Waals surface area contributed by atoms with Gasteiger partial charge in [-0.1, -0.05) is 37.6 Å². The fourth-order valence-corrected chi connectivity index (χ4v) is 3.75. The Labute approximate surface area is 131 Å². The summed E-state index contributed by atoms with van der Waals surface area (Å²) in [5.74, 6) is 1.67. The van der Waals surface area contributed by atoms with Gasteiger partial charge >= 0.3 is 0 Å². The minimum absolute atomic E-state index is 0.000345. The quantitative estimate of drug-likeness (QED) is 0.905. The molecule has 1 saturated carbocycles. The second-order valence-electron chi connectivity index (χ2n) is 6.56. The lowest BCUT2D eigenvalue weighted by atomic mass is 9.78. The highest BCUT2D eigenvalue weighted by molar-refractivity contribution is 6.30. The molecule has 3 nitrogen and oxygen atoms in total. The van der Waals surface area contributed by atoms with Crippen molar-refractivity contribution in [2.75, 3.05) is 6.54 Å². The summed E-state index contributed by atoms with van der Waals surface area (Å²) >= 11 is 5.97. The molecule has 21 heavy (non-hydrogen) atoms. The minimum Gasteiger partial charge on any atom is -0.319 e. The van der Waals surface area contributed by atoms with Crippen molar-refractivity contribution in [1.29, 1.82) is 0 Å². The third-order valence-corrected chi connectivity index (χ3v) is 5.41. The molecule has 3 rings (SSSR count). The smallest absolute Gasteiger partial charge is 0.238 e. The van der Waals surface area contributed by atoms with Gasteiger partial charge in [-0.3, -0.25) is 10.1 Å². The van der Waals surface area contributed by atoms with Crippen LogP contribution in [0.4, 0.5) is 0 Å². The van der Waals surface area contributed by atoms with Crippen molar-refractivity contribution in [2.24, 2.45) is 11.8 Å². The first-order valence-corrected chi connectivity index (χ1v) is 8.24. The fourth-order valence-electron chi connectivity index (χ4n) is 3.63. The Kier molecular flexibility index (Phi) is 4.23. The van der Waals surface area contributed by atoms with Gasteiger partial charge in [-0.25, -0.2) is 0 Å². The van der Waals surface area contributed by atoms with Crippen LogP contribution in [-0.4, -0.2) is 23.4 Å². The Bertz CT molecular complexity index is 516. The molecule has 4 heteroatoms. The van der Waals surface area contributed by atoms with E-state index in [0.29, 0.717) is 18.5 Å². The molecule has 4 atom stereocenters. The highest BCUT2D eigenvalue weighted by Gasteiger charge is 2.39. The maximum Gasteiger partial charge on any atom is 0.238 e. The van der Waals surface area contributed by atoms with Crippen LogP contribution >= 0.6 is 11.6 Å². The number of halogens is 1. The van der Waals surface area contributed by atoms with Crippen LogP contribution in [-0.2, 0) is 4.79 Å². The zero-order valence-electron chi connectivity index (χ0n) is 12.7. The molecule has 4 unspecified atom stereocenters. The summed E-state index contributed by atoms with van der Waals surface area (Å²) in [4.78, 5) is 14.4. The van der Waals surface area contributed by atoms with Gasteiger partial charge in [0.05, 0.1) is 6.54 Å². The van der Waals surface area contributed by atoms with Crippen LogP contribution < -0.4 is 5.32 Å². The molecule has 0 aromatic heterocycles. The van der Waals surface area contributed by atoms with Crippen LogP contribution in [0, 0.1) is 11.8 Å². The van der Waals surface area contributed by atoms with Gasteiger partial charge in [0.1, 0.15) is 6.17 Å². The van der Waals surface area contributed by atoms with Gasteiger partial charge in [-0.15, -0.1) is 0 Å². The average molecular weight is 307 g/mol. The lowest BCUT2D eigenvalue weighted by Gasteiger charge is -2.40. The maximum absolute atomic E-state index is 12.3. The van der Waals surface area contributed by atoms with Gasteiger partial charge < -0.3 is 4.90 Å². The van der Waals surface area contributed by atoms with Gasteiger partial charge in [0.15, 0.2) is 0 Å². The summed E-state index contributed by atoms with van der Waals surface area (Å²) in [6.07, 6.45) is 3.44. The van der Waals surface area contributed by atoms with Gasteiger partial charge in [-0.05, 0) is 48.8 Å². The van der Waals surface area contributed by atoms with Crippen LogP contribution in [0.1, 0.15) is 44.8 Å². The summed E-state index contributed by atoms with van der Waals surface area (Å²) in [6, 6.07) is 8.18. The van der Waals surface area contributed by atoms with E-state index in [4.69, 9.17) is 11.6 Å². The average Bonchev–Trinajstić information content (AvgIpc) is 2.85. The predicted molar refractivity (Wildman–Crippen MR) is 85.0 cm³/mol. The van der Waals surface area contributed by atoms with Crippen molar-refractivity contribution in [3.8, 4) is 0 Å². The molecule has 1 saturated heterocycles. The molecule has 0 bridgehead atoms. The molecule has 2 fully saturated rings. The molecule has 1 N–H and O–H groups in total. The van der Waals surface area contributed by atoms with Crippen LogP contribution in [0.3, 0.4) is 0 Å². The van der Waals surface area contributed by atoms with Gasteiger partial charge in [0, 0.05) is 11.1 Å². The van der Waals surface area contributed by atoms with E-state index in [1.165, 1.54) is 6.42 Å². The van der Waals surface area contributed by atoms with Crippen LogP contribution in [0.25, 0.3) is 0 Å². The first-order chi connectivity index (χ1) is 10.1. The number of amides is 1. The zero-order valence-corrected chi connectivity index (χ0v) is 13.4. The molecule has 0 spiro atoms. The standard InChI is InChI=1S/C17H23ClN2O/c1-11-3-8-15(9-12(11)2)20-16(21)10-19-17(20)13-4-6-14(18)7-5-13/h4-7,11-12,15,17,19H,3,8-10H2,1-2H3. The molecular weight excluding hydrogens is 284 g/mol. The molecule has 1 aliphatic carbocycles. The number of nitrogens with one attached hydrogen (secondary N) is 1. The second-order valence-corrected chi connectivity index (χ2v) is 6.99. The van der Waals surface area contributed by atoms with Gasteiger partial charge in [-0.2, -0.15) is 0 Å². The number of carbonyl (C=O) groups excluding carboxylic acids is 1. The van der Waals surface area contributed by atoms with Crippen LogP contribution in [0.2, 0.25) is 5.02 Å². The maximum atomic E-state index is 12.3. The number of benzene rings is 1. The molecule has 1 aromatic rings. The summed E-state index contributed by atoms with van der Waals surface area (Å²) in [5, 5.41) is 4.08. The molecule has 1 aliphatic heterocycles. The monoisotopic (exact) mass is 306 g/mol. The Morgan fingerprint density at radius 1 is 1.14 bits per heavy atom. The molecule has 0 radical (unpaired) electrons. The largest absolute Gasteiger partial charge is 0.319 e. The van der Waals surface area contributed by atoms with Crippen molar-refractivity contribution in [3.05, 3.63) is 34.9 Å². The molecule has 1 aromatic carbocycles. The van der Waals surface area contributed by atoms with Crippen molar-refractivity contribution in [1.82, 2.24) is 10.2 Å². The molecule has 1 heterocycles. The Morgan fingerprint density at radius 2 is 1.86 bits per heavy atom. The Morgan fingerprint density at radius 3 is 2.52 bits per heavy atom. The van der Waals surface area contributed by atoms with E-state index in [0.717, 1.165) is 29.3 Å². The van der Waals surface area contributed by atoms with Gasteiger partial charge in [0.2, 0.25) is 5.91 Å². The van der Waals surface area contributed by atoms with E-state index in [1.54, 1.807) is 0 Å². The summed E-state index contributed by atoms with van der Waals surface area (Å²) in [7, 11) is 0. The minimum atomic E-state index is 0.000345. The fraction of sp³-hybridized carbons (Fsp3) is 0.588. The van der Waals surface area contributed by atoms with Crippen molar-refractivity contribution in [2.45, 2.75) is 45.3 Å². The number of rotatable bonds is 2. The topological polar surface area (TPSA) is 32.3 Å². The van der Waals surface area contributed by atoms with E-state index < -0.39 is 0 Å². The van der Waals surface area contributed by atoms with E-state index in [2.05, 4.69) is 24.1 Å². The SMILES string of the molecule is CC1CCC(N2C(=O)CNC2c2ccc(Cl)cc2)CC1C. The van der Waals surface area contributed by atoms with Gasteiger partial charge in [0.25, 0.3) is 0 Å². The third-order valence-electron chi connectivity index (χ3n) is 5.16. The normalized spacial score (nSPS) is 33.5. The zero-order chi connectivity index (χ0) is 15.0. The molecular formula is C17H23ClN2O. The van der Waals surface area contributed by atoms with Crippen molar-refractivity contribution in [3.63, 3.8) is 0 Å². The van der Waals surface area contributed by atoms with E-state index in [-0.39, 0.29) is 12.1 Å².